The van der Waals surface area contributed by atoms with Crippen molar-refractivity contribution in [1.29, 1.82) is 0 Å². The molecular formula is C14H18O. The largest absolute Gasteiger partial charge is 0.299 e. The highest BCUT2D eigenvalue weighted by molar-refractivity contribution is 5.88. The van der Waals surface area contributed by atoms with Gasteiger partial charge >= 0.3 is 0 Å². The van der Waals surface area contributed by atoms with Crippen LogP contribution >= 0.6 is 0 Å². The first kappa shape index (κ1) is 10.4. The van der Waals surface area contributed by atoms with E-state index >= 15 is 0 Å². The van der Waals surface area contributed by atoms with Gasteiger partial charge in [-0.05, 0) is 25.3 Å². The van der Waals surface area contributed by atoms with E-state index in [2.05, 4.69) is 12.1 Å². The van der Waals surface area contributed by atoms with E-state index < -0.39 is 0 Å². The molecule has 1 fully saturated rings. The van der Waals surface area contributed by atoms with Crippen LogP contribution in [0.5, 0.6) is 0 Å². The van der Waals surface area contributed by atoms with Crippen molar-refractivity contribution in [2.24, 2.45) is 0 Å². The lowest BCUT2D eigenvalue weighted by Crippen LogP contribution is -2.36. The summed E-state index contributed by atoms with van der Waals surface area (Å²) in [5, 5.41) is 0. The zero-order chi connectivity index (χ0) is 10.7. The number of hydrogen-bond donors (Lipinski definition) is 0. The molecule has 0 saturated heterocycles. The van der Waals surface area contributed by atoms with Crippen LogP contribution in [0.3, 0.4) is 0 Å². The third-order valence-corrected chi connectivity index (χ3v) is 3.71. The van der Waals surface area contributed by atoms with E-state index in [4.69, 9.17) is 0 Å². The van der Waals surface area contributed by atoms with Crippen molar-refractivity contribution in [2.75, 3.05) is 0 Å². The fourth-order valence-electron chi connectivity index (χ4n) is 2.76. The quantitative estimate of drug-likeness (QED) is 0.717. The maximum atomic E-state index is 11.9. The first-order valence-corrected chi connectivity index (χ1v) is 5.82. The molecule has 1 saturated carbocycles. The maximum absolute atomic E-state index is 11.9. The standard InChI is InChI=1S/C14H18O/c1-12(15)14(10-6-3-7-11-14)13-8-4-2-5-9-13/h2,4-5,8-9H,3,6-7,10-11H2,1H3. The number of carbonyl (C=O) groups is 1. The highest BCUT2D eigenvalue weighted by atomic mass is 16.1. The van der Waals surface area contributed by atoms with E-state index in [-0.39, 0.29) is 5.41 Å². The zero-order valence-corrected chi connectivity index (χ0v) is 9.33. The van der Waals surface area contributed by atoms with Crippen LogP contribution in [0, 0.1) is 0 Å². The molecule has 1 aliphatic carbocycles. The Morgan fingerprint density at radius 3 is 2.20 bits per heavy atom. The molecule has 0 bridgehead atoms. The molecule has 1 aromatic rings. The molecule has 0 unspecified atom stereocenters. The van der Waals surface area contributed by atoms with Crippen molar-refractivity contribution in [3.05, 3.63) is 35.9 Å². The molecule has 2 rings (SSSR count). The Hall–Kier alpha value is -1.11. The van der Waals surface area contributed by atoms with Crippen LogP contribution in [-0.2, 0) is 10.2 Å². The first-order chi connectivity index (χ1) is 7.26. The van der Waals surface area contributed by atoms with Gasteiger partial charge in [0.15, 0.2) is 0 Å². The van der Waals surface area contributed by atoms with Crippen molar-refractivity contribution in [1.82, 2.24) is 0 Å². The van der Waals surface area contributed by atoms with E-state index in [9.17, 15) is 4.79 Å². The predicted molar refractivity (Wildman–Crippen MR) is 61.9 cm³/mol. The van der Waals surface area contributed by atoms with Gasteiger partial charge < -0.3 is 0 Å². The summed E-state index contributed by atoms with van der Waals surface area (Å²) in [5.41, 5.74) is 1.05. The van der Waals surface area contributed by atoms with Gasteiger partial charge in [-0.15, -0.1) is 0 Å². The molecule has 0 atom stereocenters. The van der Waals surface area contributed by atoms with E-state index in [0.29, 0.717) is 5.78 Å². The second kappa shape index (κ2) is 4.18. The van der Waals surface area contributed by atoms with Gasteiger partial charge in [-0.2, -0.15) is 0 Å². The smallest absolute Gasteiger partial charge is 0.140 e. The molecule has 0 aromatic heterocycles. The number of carbonyl (C=O) groups excluding carboxylic acids is 1. The second-order valence-electron chi connectivity index (χ2n) is 4.56. The molecule has 1 nitrogen and oxygen atoms in total. The molecule has 0 radical (unpaired) electrons. The number of Topliss-reactive ketones (excluding diaryl/α,β-unsaturated/α-hetero) is 1. The average molecular weight is 202 g/mol. The Bertz CT molecular complexity index is 334. The highest BCUT2D eigenvalue weighted by Gasteiger charge is 2.37. The fourth-order valence-corrected chi connectivity index (χ4v) is 2.76. The Balaban J connectivity index is 2.38. The topological polar surface area (TPSA) is 17.1 Å². The highest BCUT2D eigenvalue weighted by Crippen LogP contribution is 2.39. The third kappa shape index (κ3) is 1.83. The van der Waals surface area contributed by atoms with Crippen molar-refractivity contribution in [3.63, 3.8) is 0 Å². The summed E-state index contributed by atoms with van der Waals surface area (Å²) in [6.45, 7) is 1.75. The summed E-state index contributed by atoms with van der Waals surface area (Å²) in [7, 11) is 0. The Labute approximate surface area is 91.5 Å². The summed E-state index contributed by atoms with van der Waals surface area (Å²) < 4.78 is 0. The number of hydrogen-bond acceptors (Lipinski definition) is 1. The lowest BCUT2D eigenvalue weighted by Gasteiger charge is -2.35. The lowest BCUT2D eigenvalue weighted by molar-refractivity contribution is -0.123. The molecule has 0 N–H and O–H groups in total. The normalized spacial score (nSPS) is 19.8. The van der Waals surface area contributed by atoms with Crippen LogP contribution in [0.4, 0.5) is 0 Å². The zero-order valence-electron chi connectivity index (χ0n) is 9.33. The van der Waals surface area contributed by atoms with Crippen molar-refractivity contribution >= 4 is 5.78 Å². The molecule has 0 spiro atoms. The number of rotatable bonds is 2. The van der Waals surface area contributed by atoms with Gasteiger partial charge in [-0.1, -0.05) is 49.6 Å². The molecular weight excluding hydrogens is 184 g/mol. The average Bonchev–Trinajstić information content (AvgIpc) is 2.31. The van der Waals surface area contributed by atoms with Crippen LogP contribution in [0.2, 0.25) is 0 Å². The van der Waals surface area contributed by atoms with E-state index in [0.717, 1.165) is 12.8 Å². The minimum absolute atomic E-state index is 0.167. The molecule has 1 heteroatoms. The van der Waals surface area contributed by atoms with E-state index in [1.807, 2.05) is 18.2 Å². The summed E-state index contributed by atoms with van der Waals surface area (Å²) in [4.78, 5) is 11.9. The van der Waals surface area contributed by atoms with E-state index in [1.165, 1.54) is 24.8 Å². The van der Waals surface area contributed by atoms with E-state index in [1.54, 1.807) is 6.92 Å². The van der Waals surface area contributed by atoms with Crippen molar-refractivity contribution in [3.8, 4) is 0 Å². The van der Waals surface area contributed by atoms with Crippen LogP contribution in [0.1, 0.15) is 44.6 Å². The Morgan fingerprint density at radius 2 is 1.67 bits per heavy atom. The minimum Gasteiger partial charge on any atom is -0.299 e. The summed E-state index contributed by atoms with van der Waals surface area (Å²) in [5.74, 6) is 0.341. The SMILES string of the molecule is CC(=O)C1(c2ccccc2)CCCCC1. The number of ketones is 1. The molecule has 15 heavy (non-hydrogen) atoms. The maximum Gasteiger partial charge on any atom is 0.140 e. The molecule has 80 valence electrons. The van der Waals surface area contributed by atoms with Gasteiger partial charge in [0.1, 0.15) is 5.78 Å². The van der Waals surface area contributed by atoms with Gasteiger partial charge in [0.05, 0.1) is 5.41 Å². The molecule has 0 heterocycles. The predicted octanol–water partition coefficient (Wildman–Crippen LogP) is 3.48. The third-order valence-electron chi connectivity index (χ3n) is 3.71. The Kier molecular flexibility index (Phi) is 2.90. The minimum atomic E-state index is -0.167. The molecule has 1 aromatic carbocycles. The number of benzene rings is 1. The summed E-state index contributed by atoms with van der Waals surface area (Å²) >= 11 is 0. The van der Waals surface area contributed by atoms with Crippen molar-refractivity contribution in [2.45, 2.75) is 44.4 Å². The fraction of sp³-hybridized carbons (Fsp3) is 0.500. The summed E-state index contributed by atoms with van der Waals surface area (Å²) in [6.07, 6.45) is 5.73. The van der Waals surface area contributed by atoms with Crippen LogP contribution < -0.4 is 0 Å². The molecule has 1 aliphatic rings. The van der Waals surface area contributed by atoms with Crippen LogP contribution in [0.15, 0.2) is 30.3 Å². The Morgan fingerprint density at radius 1 is 1.07 bits per heavy atom. The summed E-state index contributed by atoms with van der Waals surface area (Å²) in [6, 6.07) is 10.3. The second-order valence-corrected chi connectivity index (χ2v) is 4.56. The van der Waals surface area contributed by atoms with Gasteiger partial charge in [0, 0.05) is 0 Å². The van der Waals surface area contributed by atoms with Gasteiger partial charge in [-0.3, -0.25) is 4.79 Å². The monoisotopic (exact) mass is 202 g/mol. The van der Waals surface area contributed by atoms with Crippen LogP contribution in [0.25, 0.3) is 0 Å². The molecule has 0 aliphatic heterocycles. The lowest BCUT2D eigenvalue weighted by atomic mass is 9.67. The molecule has 0 amide bonds. The van der Waals surface area contributed by atoms with Crippen molar-refractivity contribution < 1.29 is 4.79 Å². The van der Waals surface area contributed by atoms with Gasteiger partial charge in [0.25, 0.3) is 0 Å². The van der Waals surface area contributed by atoms with Gasteiger partial charge in [-0.25, -0.2) is 0 Å². The first-order valence-electron chi connectivity index (χ1n) is 5.82. The van der Waals surface area contributed by atoms with Gasteiger partial charge in [0.2, 0.25) is 0 Å². The van der Waals surface area contributed by atoms with Crippen LogP contribution in [-0.4, -0.2) is 5.78 Å².